The lowest BCUT2D eigenvalue weighted by Crippen LogP contribution is -2.08. The first-order valence-electron chi connectivity index (χ1n) is 3.79. The molecule has 62 valence electrons. The van der Waals surface area contributed by atoms with E-state index in [2.05, 4.69) is 5.32 Å². The number of hydrogen-bond donors (Lipinski definition) is 1. The van der Waals surface area contributed by atoms with Crippen LogP contribution >= 0.6 is 0 Å². The number of benzene rings is 1. The van der Waals surface area contributed by atoms with E-state index < -0.39 is 0 Å². The molecule has 1 N–H and O–H groups in total. The van der Waals surface area contributed by atoms with Gasteiger partial charge in [-0.2, -0.15) is 0 Å². The molecule has 0 fully saturated rings. The number of anilines is 1. The predicted molar refractivity (Wildman–Crippen MR) is 43.4 cm³/mol. The maximum atomic E-state index is 12.7. The first-order valence-corrected chi connectivity index (χ1v) is 3.79. The third kappa shape index (κ3) is 0.897. The summed E-state index contributed by atoms with van der Waals surface area (Å²) in [5.74, 6) is -0.528. The fourth-order valence-electron chi connectivity index (χ4n) is 1.40. The summed E-state index contributed by atoms with van der Waals surface area (Å²) < 4.78 is 12.7. The molecule has 1 aliphatic heterocycles. The molecule has 1 aromatic carbocycles. The van der Waals surface area contributed by atoms with Gasteiger partial charge in [0.1, 0.15) is 5.82 Å². The van der Waals surface area contributed by atoms with Crippen molar-refractivity contribution in [2.24, 2.45) is 0 Å². The summed E-state index contributed by atoms with van der Waals surface area (Å²) in [6, 6.07) is 4.36. The third-order valence-electron chi connectivity index (χ3n) is 2.13. The molecule has 0 aliphatic carbocycles. The van der Waals surface area contributed by atoms with Gasteiger partial charge < -0.3 is 5.32 Å². The van der Waals surface area contributed by atoms with Crippen molar-refractivity contribution in [3.63, 3.8) is 0 Å². The van der Waals surface area contributed by atoms with Gasteiger partial charge in [-0.05, 0) is 24.6 Å². The molecule has 0 saturated carbocycles. The molecule has 0 radical (unpaired) electrons. The van der Waals surface area contributed by atoms with Crippen molar-refractivity contribution in [3.8, 4) is 0 Å². The van der Waals surface area contributed by atoms with E-state index in [9.17, 15) is 9.18 Å². The number of nitrogens with one attached hydrogen (secondary N) is 1. The van der Waals surface area contributed by atoms with Gasteiger partial charge in [-0.25, -0.2) is 4.39 Å². The van der Waals surface area contributed by atoms with Gasteiger partial charge in [0.05, 0.1) is 5.92 Å². The van der Waals surface area contributed by atoms with Crippen molar-refractivity contribution in [2.45, 2.75) is 12.8 Å². The second-order valence-corrected chi connectivity index (χ2v) is 2.94. The van der Waals surface area contributed by atoms with Crippen LogP contribution in [-0.4, -0.2) is 5.91 Å². The Kier molecular flexibility index (Phi) is 1.40. The van der Waals surface area contributed by atoms with E-state index in [0.29, 0.717) is 5.69 Å². The number of hydrogen-bond acceptors (Lipinski definition) is 1. The Morgan fingerprint density at radius 1 is 1.50 bits per heavy atom. The van der Waals surface area contributed by atoms with Crippen LogP contribution in [0.2, 0.25) is 0 Å². The maximum absolute atomic E-state index is 12.7. The zero-order chi connectivity index (χ0) is 8.72. The Morgan fingerprint density at radius 3 is 3.00 bits per heavy atom. The van der Waals surface area contributed by atoms with Gasteiger partial charge in [-0.1, -0.05) is 6.07 Å². The van der Waals surface area contributed by atoms with Crippen molar-refractivity contribution >= 4 is 11.6 Å². The average Bonchev–Trinajstić information content (AvgIpc) is 2.28. The summed E-state index contributed by atoms with van der Waals surface area (Å²) in [5, 5.41) is 2.61. The molecule has 1 heterocycles. The molecule has 2 nitrogen and oxygen atoms in total. The van der Waals surface area contributed by atoms with Crippen LogP contribution < -0.4 is 5.32 Å². The first kappa shape index (κ1) is 7.28. The molecule has 2 rings (SSSR count). The van der Waals surface area contributed by atoms with Gasteiger partial charge in [0.15, 0.2) is 0 Å². The van der Waals surface area contributed by atoms with Crippen molar-refractivity contribution in [1.29, 1.82) is 0 Å². The highest BCUT2D eigenvalue weighted by Crippen LogP contribution is 2.31. The van der Waals surface area contributed by atoms with Crippen LogP contribution in [0, 0.1) is 5.82 Å². The molecule has 1 aliphatic rings. The van der Waals surface area contributed by atoms with Crippen LogP contribution in [-0.2, 0) is 4.79 Å². The van der Waals surface area contributed by atoms with E-state index in [1.807, 2.05) is 0 Å². The second kappa shape index (κ2) is 2.30. The van der Waals surface area contributed by atoms with E-state index in [-0.39, 0.29) is 17.6 Å². The van der Waals surface area contributed by atoms with Crippen LogP contribution in [0.5, 0.6) is 0 Å². The van der Waals surface area contributed by atoms with Crippen LogP contribution in [0.3, 0.4) is 0 Å². The number of carbonyl (C=O) groups excluding carboxylic acids is 1. The van der Waals surface area contributed by atoms with E-state index in [4.69, 9.17) is 0 Å². The third-order valence-corrected chi connectivity index (χ3v) is 2.13. The fraction of sp³-hybridized carbons (Fsp3) is 0.222. The van der Waals surface area contributed by atoms with Gasteiger partial charge in [0.25, 0.3) is 0 Å². The number of carbonyl (C=O) groups is 1. The standard InChI is InChI=1S/C9H8FNO/c1-5-7-3-2-6(10)4-8(7)11-9(5)12/h2-5H,1H3,(H,11,12)/t5-/m1/s1. The molecule has 1 amide bonds. The summed E-state index contributed by atoms with van der Waals surface area (Å²) in [6.45, 7) is 1.80. The molecule has 3 heteroatoms. The lowest BCUT2D eigenvalue weighted by atomic mass is 10.0. The highest BCUT2D eigenvalue weighted by molar-refractivity contribution is 6.02. The minimum atomic E-state index is -0.317. The predicted octanol–water partition coefficient (Wildman–Crippen LogP) is 1.88. The topological polar surface area (TPSA) is 29.1 Å². The Bertz CT molecular complexity index is 348. The van der Waals surface area contributed by atoms with Gasteiger partial charge in [-0.15, -0.1) is 0 Å². The molecule has 0 bridgehead atoms. The fourth-order valence-corrected chi connectivity index (χ4v) is 1.40. The maximum Gasteiger partial charge on any atom is 0.231 e. The van der Waals surface area contributed by atoms with E-state index in [1.54, 1.807) is 13.0 Å². The Morgan fingerprint density at radius 2 is 2.25 bits per heavy atom. The van der Waals surface area contributed by atoms with E-state index in [0.717, 1.165) is 5.56 Å². The molecule has 1 aromatic rings. The molecule has 12 heavy (non-hydrogen) atoms. The summed E-state index contributed by atoms with van der Waals surface area (Å²) in [6.07, 6.45) is 0. The Hall–Kier alpha value is -1.38. The van der Waals surface area contributed by atoms with Crippen molar-refractivity contribution < 1.29 is 9.18 Å². The average molecular weight is 165 g/mol. The van der Waals surface area contributed by atoms with Crippen molar-refractivity contribution in [1.82, 2.24) is 0 Å². The largest absolute Gasteiger partial charge is 0.325 e. The highest BCUT2D eigenvalue weighted by Gasteiger charge is 2.26. The minimum Gasteiger partial charge on any atom is -0.325 e. The lowest BCUT2D eigenvalue weighted by molar-refractivity contribution is -0.116. The second-order valence-electron chi connectivity index (χ2n) is 2.94. The van der Waals surface area contributed by atoms with E-state index >= 15 is 0 Å². The minimum absolute atomic E-state index is 0.0596. The summed E-state index contributed by atoms with van der Waals surface area (Å²) in [7, 11) is 0. The van der Waals surface area contributed by atoms with Gasteiger partial charge in [-0.3, -0.25) is 4.79 Å². The zero-order valence-corrected chi connectivity index (χ0v) is 6.60. The zero-order valence-electron chi connectivity index (χ0n) is 6.60. The summed E-state index contributed by atoms with van der Waals surface area (Å²) >= 11 is 0. The van der Waals surface area contributed by atoms with Gasteiger partial charge in [0.2, 0.25) is 5.91 Å². The Balaban J connectivity index is 2.54. The molecular formula is C9H8FNO. The van der Waals surface area contributed by atoms with Crippen LogP contribution in [0.4, 0.5) is 10.1 Å². The van der Waals surface area contributed by atoms with Crippen LogP contribution in [0.15, 0.2) is 18.2 Å². The number of rotatable bonds is 0. The smallest absolute Gasteiger partial charge is 0.231 e. The van der Waals surface area contributed by atoms with Crippen LogP contribution in [0.25, 0.3) is 0 Å². The molecule has 0 aromatic heterocycles. The Labute approximate surface area is 69.4 Å². The molecule has 1 atom stereocenters. The van der Waals surface area contributed by atoms with Gasteiger partial charge >= 0.3 is 0 Å². The number of fused-ring (bicyclic) bond motifs is 1. The van der Waals surface area contributed by atoms with Crippen LogP contribution in [0.1, 0.15) is 18.4 Å². The molecular weight excluding hydrogens is 157 g/mol. The van der Waals surface area contributed by atoms with Crippen molar-refractivity contribution in [2.75, 3.05) is 5.32 Å². The SMILES string of the molecule is C[C@H]1C(=O)Nc2cc(F)ccc21. The quantitative estimate of drug-likeness (QED) is 0.624. The summed E-state index contributed by atoms with van der Waals surface area (Å²) in [4.78, 5) is 11.1. The van der Waals surface area contributed by atoms with Crippen molar-refractivity contribution in [3.05, 3.63) is 29.6 Å². The monoisotopic (exact) mass is 165 g/mol. The van der Waals surface area contributed by atoms with E-state index in [1.165, 1.54) is 12.1 Å². The summed E-state index contributed by atoms with van der Waals surface area (Å²) in [5.41, 5.74) is 1.48. The molecule has 0 spiro atoms. The molecule has 0 unspecified atom stereocenters. The first-order chi connectivity index (χ1) is 5.68. The lowest BCUT2D eigenvalue weighted by Gasteiger charge is -1.98. The number of halogens is 1. The highest BCUT2D eigenvalue weighted by atomic mass is 19.1. The van der Waals surface area contributed by atoms with Gasteiger partial charge in [0, 0.05) is 5.69 Å². The normalized spacial score (nSPS) is 20.5. The number of amides is 1. The molecule has 0 saturated heterocycles.